The maximum atomic E-state index is 12.1. The Morgan fingerprint density at radius 1 is 1.33 bits per heavy atom. The van der Waals surface area contributed by atoms with Crippen molar-refractivity contribution < 1.29 is 4.79 Å². The minimum atomic E-state index is 0.156. The zero-order chi connectivity index (χ0) is 12.5. The summed E-state index contributed by atoms with van der Waals surface area (Å²) in [5, 5.41) is 6.42. The molecular formula is C14H23N3O. The van der Waals surface area contributed by atoms with Crippen LogP contribution in [-0.2, 0) is 4.79 Å². The van der Waals surface area contributed by atoms with Gasteiger partial charge >= 0.3 is 0 Å². The lowest BCUT2D eigenvalue weighted by Crippen LogP contribution is -2.48. The van der Waals surface area contributed by atoms with Gasteiger partial charge in [0.15, 0.2) is 0 Å². The van der Waals surface area contributed by atoms with Crippen molar-refractivity contribution in [2.45, 2.75) is 44.7 Å². The molecule has 4 nitrogen and oxygen atoms in total. The Morgan fingerprint density at radius 3 is 2.89 bits per heavy atom. The van der Waals surface area contributed by atoms with Crippen LogP contribution in [0.2, 0.25) is 0 Å². The Hall–Kier alpha value is -0.870. The molecule has 3 aliphatic heterocycles. The Bertz CT molecular complexity index is 371. The van der Waals surface area contributed by atoms with E-state index in [2.05, 4.69) is 15.5 Å². The Kier molecular flexibility index (Phi) is 3.39. The number of hydrogen-bond donors (Lipinski definition) is 2. The molecule has 0 aromatic carbocycles. The number of piperidine rings is 1. The van der Waals surface area contributed by atoms with Gasteiger partial charge in [-0.15, -0.1) is 0 Å². The van der Waals surface area contributed by atoms with Gasteiger partial charge in [-0.2, -0.15) is 0 Å². The summed E-state index contributed by atoms with van der Waals surface area (Å²) >= 11 is 0. The van der Waals surface area contributed by atoms with Crippen molar-refractivity contribution in [2.24, 2.45) is 0 Å². The second-order valence-electron chi connectivity index (χ2n) is 5.86. The molecule has 3 aliphatic rings. The zero-order valence-corrected chi connectivity index (χ0v) is 11.2. The lowest BCUT2D eigenvalue weighted by molar-refractivity contribution is -0.118. The first-order valence-electron chi connectivity index (χ1n) is 7.18. The van der Waals surface area contributed by atoms with E-state index in [1.54, 1.807) is 0 Å². The van der Waals surface area contributed by atoms with Crippen LogP contribution < -0.4 is 10.6 Å². The quantitative estimate of drug-likeness (QED) is 0.706. The van der Waals surface area contributed by atoms with Gasteiger partial charge in [-0.25, -0.2) is 0 Å². The average molecular weight is 249 g/mol. The van der Waals surface area contributed by atoms with E-state index in [-0.39, 0.29) is 5.91 Å². The Morgan fingerprint density at radius 2 is 2.17 bits per heavy atom. The third-order valence-corrected chi connectivity index (χ3v) is 4.70. The molecule has 3 heterocycles. The molecule has 0 radical (unpaired) electrons. The van der Waals surface area contributed by atoms with Gasteiger partial charge in [0.05, 0.1) is 0 Å². The van der Waals surface area contributed by atoms with Crippen molar-refractivity contribution in [1.82, 2.24) is 15.5 Å². The van der Waals surface area contributed by atoms with Crippen molar-refractivity contribution in [3.63, 3.8) is 0 Å². The van der Waals surface area contributed by atoms with Crippen LogP contribution in [0.15, 0.2) is 11.1 Å². The molecule has 0 aromatic rings. The van der Waals surface area contributed by atoms with E-state index in [1.807, 2.05) is 6.92 Å². The van der Waals surface area contributed by atoms with E-state index >= 15 is 0 Å². The molecule has 2 N–H and O–H groups in total. The van der Waals surface area contributed by atoms with Crippen molar-refractivity contribution >= 4 is 5.91 Å². The number of hydrogen-bond acceptors (Lipinski definition) is 3. The summed E-state index contributed by atoms with van der Waals surface area (Å²) in [5.74, 6) is 0.156. The molecule has 0 bridgehead atoms. The number of nitrogens with zero attached hydrogens (tertiary/aromatic N) is 1. The molecule has 3 fully saturated rings. The number of fused-ring (bicyclic) bond motifs is 1. The fourth-order valence-corrected chi connectivity index (χ4v) is 3.32. The SMILES string of the molecule is CC(C(=O)NC1CCN2CCCC2C1)=C1CNC1. The van der Waals surface area contributed by atoms with Gasteiger partial charge in [-0.05, 0) is 44.7 Å². The second kappa shape index (κ2) is 5.02. The molecule has 0 aliphatic carbocycles. The summed E-state index contributed by atoms with van der Waals surface area (Å²) in [6, 6.07) is 1.11. The van der Waals surface area contributed by atoms with Crippen LogP contribution in [-0.4, -0.2) is 49.1 Å². The van der Waals surface area contributed by atoms with E-state index in [9.17, 15) is 4.79 Å². The lowest BCUT2D eigenvalue weighted by atomic mass is 9.96. The van der Waals surface area contributed by atoms with Crippen LogP contribution in [0.5, 0.6) is 0 Å². The molecule has 3 rings (SSSR count). The highest BCUT2D eigenvalue weighted by Crippen LogP contribution is 2.27. The lowest BCUT2D eigenvalue weighted by Gasteiger charge is -2.35. The van der Waals surface area contributed by atoms with Gasteiger partial charge in [-0.1, -0.05) is 0 Å². The van der Waals surface area contributed by atoms with Gasteiger partial charge in [0, 0.05) is 37.3 Å². The highest BCUT2D eigenvalue weighted by molar-refractivity contribution is 5.94. The monoisotopic (exact) mass is 249 g/mol. The summed E-state index contributed by atoms with van der Waals surface area (Å²) in [6.07, 6.45) is 4.91. The summed E-state index contributed by atoms with van der Waals surface area (Å²) in [5.41, 5.74) is 2.20. The van der Waals surface area contributed by atoms with E-state index in [0.717, 1.165) is 44.1 Å². The molecule has 0 aromatic heterocycles. The molecule has 4 heteroatoms. The Labute approximate surface area is 109 Å². The molecule has 0 saturated carbocycles. The van der Waals surface area contributed by atoms with E-state index in [1.165, 1.54) is 25.0 Å². The largest absolute Gasteiger partial charge is 0.349 e. The summed E-state index contributed by atoms with van der Waals surface area (Å²) in [7, 11) is 0. The number of amides is 1. The van der Waals surface area contributed by atoms with Crippen molar-refractivity contribution in [3.05, 3.63) is 11.1 Å². The van der Waals surface area contributed by atoms with Gasteiger partial charge < -0.3 is 15.5 Å². The molecular weight excluding hydrogens is 226 g/mol. The van der Waals surface area contributed by atoms with Crippen LogP contribution in [0.1, 0.15) is 32.6 Å². The molecule has 0 spiro atoms. The summed E-state index contributed by atoms with van der Waals surface area (Å²) in [4.78, 5) is 14.7. The van der Waals surface area contributed by atoms with Crippen LogP contribution in [0.25, 0.3) is 0 Å². The molecule has 2 unspecified atom stereocenters. The molecule has 100 valence electrons. The minimum Gasteiger partial charge on any atom is -0.349 e. The number of carbonyl (C=O) groups excluding carboxylic acids is 1. The average Bonchev–Trinajstić information content (AvgIpc) is 2.73. The second-order valence-corrected chi connectivity index (χ2v) is 5.86. The summed E-state index contributed by atoms with van der Waals surface area (Å²) in [6.45, 7) is 6.16. The standard InChI is InChI=1S/C14H23N3O/c1-10(11-8-15-9-11)14(18)16-12-4-6-17-5-2-3-13(17)7-12/h12-13,15H,2-9H2,1H3,(H,16,18). The first-order chi connectivity index (χ1) is 8.74. The predicted molar refractivity (Wildman–Crippen MR) is 71.3 cm³/mol. The van der Waals surface area contributed by atoms with Gasteiger partial charge in [0.25, 0.3) is 0 Å². The summed E-state index contributed by atoms with van der Waals surface area (Å²) < 4.78 is 0. The zero-order valence-electron chi connectivity index (χ0n) is 11.2. The van der Waals surface area contributed by atoms with E-state index in [0.29, 0.717) is 6.04 Å². The van der Waals surface area contributed by atoms with Crippen molar-refractivity contribution in [1.29, 1.82) is 0 Å². The van der Waals surface area contributed by atoms with Gasteiger partial charge in [0.1, 0.15) is 0 Å². The first kappa shape index (κ1) is 12.2. The molecule has 2 atom stereocenters. The maximum absolute atomic E-state index is 12.1. The number of nitrogens with one attached hydrogen (secondary N) is 2. The van der Waals surface area contributed by atoms with Crippen LogP contribution in [0, 0.1) is 0 Å². The van der Waals surface area contributed by atoms with Crippen LogP contribution in [0.3, 0.4) is 0 Å². The normalized spacial score (nSPS) is 31.7. The molecule has 3 saturated heterocycles. The molecule has 18 heavy (non-hydrogen) atoms. The van der Waals surface area contributed by atoms with Gasteiger partial charge in [0.2, 0.25) is 5.91 Å². The predicted octanol–water partition coefficient (Wildman–Crippen LogP) is 0.649. The molecule has 1 amide bonds. The Balaban J connectivity index is 1.55. The van der Waals surface area contributed by atoms with E-state index in [4.69, 9.17) is 0 Å². The van der Waals surface area contributed by atoms with Crippen LogP contribution >= 0.6 is 0 Å². The maximum Gasteiger partial charge on any atom is 0.247 e. The number of carbonyl (C=O) groups is 1. The topological polar surface area (TPSA) is 44.4 Å². The first-order valence-corrected chi connectivity index (χ1v) is 7.18. The van der Waals surface area contributed by atoms with Crippen molar-refractivity contribution in [2.75, 3.05) is 26.2 Å². The third kappa shape index (κ3) is 2.31. The number of rotatable bonds is 2. The van der Waals surface area contributed by atoms with Crippen molar-refractivity contribution in [3.8, 4) is 0 Å². The smallest absolute Gasteiger partial charge is 0.247 e. The van der Waals surface area contributed by atoms with E-state index < -0.39 is 0 Å². The third-order valence-electron chi connectivity index (χ3n) is 4.70. The fourth-order valence-electron chi connectivity index (χ4n) is 3.32. The highest BCUT2D eigenvalue weighted by Gasteiger charge is 2.32. The minimum absolute atomic E-state index is 0.156. The fraction of sp³-hybridized carbons (Fsp3) is 0.786. The van der Waals surface area contributed by atoms with Crippen LogP contribution in [0.4, 0.5) is 0 Å². The van der Waals surface area contributed by atoms with Gasteiger partial charge in [-0.3, -0.25) is 4.79 Å². The highest BCUT2D eigenvalue weighted by atomic mass is 16.1.